The molecule has 1 saturated carbocycles. The molecule has 2 fully saturated rings. The number of rotatable bonds is 1. The van der Waals surface area contributed by atoms with E-state index in [-0.39, 0.29) is 11.7 Å². The van der Waals surface area contributed by atoms with Gasteiger partial charge in [-0.2, -0.15) is 0 Å². The minimum absolute atomic E-state index is 0.000764. The van der Waals surface area contributed by atoms with E-state index in [1.54, 1.807) is 0 Å². The Kier molecular flexibility index (Phi) is 3.66. The van der Waals surface area contributed by atoms with Crippen molar-refractivity contribution in [3.8, 4) is 5.75 Å². The Labute approximate surface area is 133 Å². The first kappa shape index (κ1) is 14.5. The molecule has 0 aromatic heterocycles. The first-order valence-electron chi connectivity index (χ1n) is 8.80. The SMILES string of the molecule is CNC1CCC2(CC1)Oc1cc(C)ccc1[C@@H]1OCCC[C@H]12. The molecule has 1 saturated heterocycles. The fourth-order valence-electron chi connectivity index (χ4n) is 4.75. The van der Waals surface area contributed by atoms with Crippen LogP contribution >= 0.6 is 0 Å². The summed E-state index contributed by atoms with van der Waals surface area (Å²) in [5, 5.41) is 3.44. The van der Waals surface area contributed by atoms with Gasteiger partial charge in [0.2, 0.25) is 0 Å². The molecule has 2 aliphatic heterocycles. The Bertz CT molecular complexity index is 548. The first-order valence-corrected chi connectivity index (χ1v) is 8.80. The van der Waals surface area contributed by atoms with Crippen LogP contribution in [-0.2, 0) is 4.74 Å². The van der Waals surface area contributed by atoms with E-state index >= 15 is 0 Å². The summed E-state index contributed by atoms with van der Waals surface area (Å²) in [6.07, 6.45) is 7.36. The average Bonchev–Trinajstić information content (AvgIpc) is 2.56. The van der Waals surface area contributed by atoms with Crippen LogP contribution in [0.3, 0.4) is 0 Å². The first-order chi connectivity index (χ1) is 10.7. The molecular formula is C19H27NO2. The van der Waals surface area contributed by atoms with Crippen molar-refractivity contribution in [3.63, 3.8) is 0 Å². The molecular weight excluding hydrogens is 274 g/mol. The van der Waals surface area contributed by atoms with Gasteiger partial charge in [0.1, 0.15) is 11.4 Å². The zero-order chi connectivity index (χ0) is 15.2. The van der Waals surface area contributed by atoms with Crippen molar-refractivity contribution in [2.75, 3.05) is 13.7 Å². The molecule has 1 N–H and O–H groups in total. The van der Waals surface area contributed by atoms with Crippen molar-refractivity contribution in [1.29, 1.82) is 0 Å². The Morgan fingerprint density at radius 2 is 2.00 bits per heavy atom. The molecule has 1 aliphatic carbocycles. The minimum atomic E-state index is -0.000764. The van der Waals surface area contributed by atoms with Gasteiger partial charge in [0.25, 0.3) is 0 Å². The summed E-state index contributed by atoms with van der Waals surface area (Å²) in [4.78, 5) is 0. The van der Waals surface area contributed by atoms with E-state index in [9.17, 15) is 0 Å². The molecule has 1 aromatic carbocycles. The molecule has 22 heavy (non-hydrogen) atoms. The smallest absolute Gasteiger partial charge is 0.126 e. The number of nitrogens with one attached hydrogen (secondary N) is 1. The third kappa shape index (κ3) is 2.26. The second-order valence-corrected chi connectivity index (χ2v) is 7.31. The van der Waals surface area contributed by atoms with Gasteiger partial charge in [-0.25, -0.2) is 0 Å². The molecule has 1 spiro atoms. The highest BCUT2D eigenvalue weighted by Gasteiger charge is 2.52. The molecule has 120 valence electrons. The zero-order valence-corrected chi connectivity index (χ0v) is 13.7. The van der Waals surface area contributed by atoms with Gasteiger partial charge in [-0.05, 0) is 64.1 Å². The summed E-state index contributed by atoms with van der Waals surface area (Å²) in [6, 6.07) is 7.26. The Balaban J connectivity index is 1.71. The van der Waals surface area contributed by atoms with Crippen LogP contribution in [0.1, 0.15) is 55.8 Å². The summed E-state index contributed by atoms with van der Waals surface area (Å²) in [5.41, 5.74) is 2.54. The van der Waals surface area contributed by atoms with Gasteiger partial charge in [-0.3, -0.25) is 0 Å². The van der Waals surface area contributed by atoms with Crippen LogP contribution < -0.4 is 10.1 Å². The zero-order valence-electron chi connectivity index (χ0n) is 13.7. The van der Waals surface area contributed by atoms with E-state index in [0.717, 1.165) is 25.2 Å². The summed E-state index contributed by atoms with van der Waals surface area (Å²) in [7, 11) is 2.08. The van der Waals surface area contributed by atoms with E-state index in [0.29, 0.717) is 12.0 Å². The molecule has 0 radical (unpaired) electrons. The lowest BCUT2D eigenvalue weighted by atomic mass is 9.67. The van der Waals surface area contributed by atoms with Crippen LogP contribution in [0.2, 0.25) is 0 Å². The third-order valence-corrected chi connectivity index (χ3v) is 6.03. The Hall–Kier alpha value is -1.06. The predicted molar refractivity (Wildman–Crippen MR) is 87.3 cm³/mol. The van der Waals surface area contributed by atoms with Gasteiger partial charge < -0.3 is 14.8 Å². The fraction of sp³-hybridized carbons (Fsp3) is 0.684. The van der Waals surface area contributed by atoms with E-state index in [1.165, 1.54) is 36.8 Å². The van der Waals surface area contributed by atoms with Crippen molar-refractivity contribution < 1.29 is 9.47 Å². The topological polar surface area (TPSA) is 30.5 Å². The number of ether oxygens (including phenoxy) is 2. The quantitative estimate of drug-likeness (QED) is 0.857. The maximum Gasteiger partial charge on any atom is 0.126 e. The molecule has 2 heterocycles. The van der Waals surface area contributed by atoms with E-state index in [2.05, 4.69) is 37.5 Å². The van der Waals surface area contributed by atoms with Crippen molar-refractivity contribution in [1.82, 2.24) is 5.32 Å². The van der Waals surface area contributed by atoms with Gasteiger partial charge in [0.05, 0.1) is 6.10 Å². The summed E-state index contributed by atoms with van der Waals surface area (Å²) >= 11 is 0. The van der Waals surface area contributed by atoms with Crippen molar-refractivity contribution >= 4 is 0 Å². The van der Waals surface area contributed by atoms with Crippen LogP contribution in [0.4, 0.5) is 0 Å². The molecule has 0 bridgehead atoms. The number of hydrogen-bond donors (Lipinski definition) is 1. The third-order valence-electron chi connectivity index (χ3n) is 6.03. The fourth-order valence-corrected chi connectivity index (χ4v) is 4.75. The monoisotopic (exact) mass is 301 g/mol. The van der Waals surface area contributed by atoms with Crippen LogP contribution in [0.5, 0.6) is 5.75 Å². The largest absolute Gasteiger partial charge is 0.486 e. The van der Waals surface area contributed by atoms with Gasteiger partial charge in [-0.15, -0.1) is 0 Å². The van der Waals surface area contributed by atoms with Gasteiger partial charge in [-0.1, -0.05) is 12.1 Å². The summed E-state index contributed by atoms with van der Waals surface area (Å²) < 4.78 is 12.9. The van der Waals surface area contributed by atoms with E-state index in [1.807, 2.05) is 0 Å². The summed E-state index contributed by atoms with van der Waals surface area (Å²) in [5.74, 6) is 1.60. The standard InChI is InChI=1S/C19H27NO2/c1-13-5-6-15-17(12-13)22-19(9-7-14(20-2)8-10-19)16-4-3-11-21-18(15)16/h5-6,12,14,16,18,20H,3-4,7-11H2,1-2H3/t14?,16-,18+,19?/m1/s1. The second-order valence-electron chi connectivity index (χ2n) is 7.31. The normalized spacial score (nSPS) is 37.3. The molecule has 2 atom stereocenters. The van der Waals surface area contributed by atoms with Crippen molar-refractivity contribution in [3.05, 3.63) is 29.3 Å². The van der Waals surface area contributed by atoms with Crippen molar-refractivity contribution in [2.24, 2.45) is 5.92 Å². The van der Waals surface area contributed by atoms with Gasteiger partial charge in [0, 0.05) is 24.1 Å². The second kappa shape index (κ2) is 5.54. The van der Waals surface area contributed by atoms with Crippen LogP contribution in [0.25, 0.3) is 0 Å². The predicted octanol–water partition coefficient (Wildman–Crippen LogP) is 3.76. The minimum Gasteiger partial charge on any atom is -0.486 e. The molecule has 3 heteroatoms. The average molecular weight is 301 g/mol. The lowest BCUT2D eigenvalue weighted by molar-refractivity contribution is -0.145. The highest BCUT2D eigenvalue weighted by atomic mass is 16.5. The highest BCUT2D eigenvalue weighted by molar-refractivity contribution is 5.42. The lowest BCUT2D eigenvalue weighted by Crippen LogP contribution is -2.54. The lowest BCUT2D eigenvalue weighted by Gasteiger charge is -2.53. The molecule has 0 unspecified atom stereocenters. The van der Waals surface area contributed by atoms with Crippen LogP contribution in [0, 0.1) is 12.8 Å². The van der Waals surface area contributed by atoms with Gasteiger partial charge in [0.15, 0.2) is 0 Å². The Morgan fingerprint density at radius 1 is 1.18 bits per heavy atom. The molecule has 1 aromatic rings. The maximum absolute atomic E-state index is 6.70. The molecule has 0 amide bonds. The number of benzene rings is 1. The highest BCUT2D eigenvalue weighted by Crippen LogP contribution is 2.54. The summed E-state index contributed by atoms with van der Waals surface area (Å²) in [6.45, 7) is 3.03. The van der Waals surface area contributed by atoms with Crippen LogP contribution in [0.15, 0.2) is 18.2 Å². The molecule has 3 aliphatic rings. The van der Waals surface area contributed by atoms with E-state index < -0.39 is 0 Å². The maximum atomic E-state index is 6.70. The number of aryl methyl sites for hydroxylation is 1. The van der Waals surface area contributed by atoms with E-state index in [4.69, 9.17) is 9.47 Å². The number of hydrogen-bond acceptors (Lipinski definition) is 3. The molecule has 4 rings (SSSR count). The van der Waals surface area contributed by atoms with Gasteiger partial charge >= 0.3 is 0 Å². The van der Waals surface area contributed by atoms with Crippen LogP contribution in [-0.4, -0.2) is 25.3 Å². The van der Waals surface area contributed by atoms with Crippen molar-refractivity contribution in [2.45, 2.75) is 63.2 Å². The number of fused-ring (bicyclic) bond motifs is 4. The molecule has 3 nitrogen and oxygen atoms in total. The Morgan fingerprint density at radius 3 is 2.77 bits per heavy atom.